The van der Waals surface area contributed by atoms with Crippen LogP contribution in [0.25, 0.3) is 0 Å². The van der Waals surface area contributed by atoms with Crippen LogP contribution in [0.1, 0.15) is 26.5 Å². The number of carbonyl (C=O) groups is 1. The molecule has 122 valence electrons. The minimum Gasteiger partial charge on any atom is -0.296 e. The van der Waals surface area contributed by atoms with Crippen LogP contribution in [0.2, 0.25) is 5.02 Å². The molecule has 3 aromatic rings. The standard InChI is InChI=1S/C17H13ClFN3OS/c1-10-3-2-4-13(19)15(10)16(23)20-17-22-21-14(24-17)9-11-5-7-12(18)8-6-11/h2-8H,9H2,1H3,(H,20,22,23). The van der Waals surface area contributed by atoms with Crippen LogP contribution in [0.3, 0.4) is 0 Å². The fourth-order valence-electron chi connectivity index (χ4n) is 2.23. The Hall–Kier alpha value is -2.31. The lowest BCUT2D eigenvalue weighted by atomic mass is 10.1. The molecule has 0 fully saturated rings. The summed E-state index contributed by atoms with van der Waals surface area (Å²) < 4.78 is 13.8. The lowest BCUT2D eigenvalue weighted by molar-refractivity contribution is 0.102. The number of anilines is 1. The van der Waals surface area contributed by atoms with Gasteiger partial charge in [-0.25, -0.2) is 4.39 Å². The zero-order valence-corrected chi connectivity index (χ0v) is 14.3. The van der Waals surface area contributed by atoms with Crippen molar-refractivity contribution in [2.75, 3.05) is 5.32 Å². The molecule has 0 unspecified atom stereocenters. The maximum atomic E-state index is 13.8. The zero-order chi connectivity index (χ0) is 17.1. The van der Waals surface area contributed by atoms with Crippen LogP contribution in [0.5, 0.6) is 0 Å². The van der Waals surface area contributed by atoms with Crippen molar-refractivity contribution in [3.63, 3.8) is 0 Å². The Morgan fingerprint density at radius 1 is 1.21 bits per heavy atom. The number of nitrogens with one attached hydrogen (secondary N) is 1. The van der Waals surface area contributed by atoms with E-state index in [-0.39, 0.29) is 5.56 Å². The lowest BCUT2D eigenvalue weighted by Gasteiger charge is -2.05. The van der Waals surface area contributed by atoms with Crippen LogP contribution in [0, 0.1) is 12.7 Å². The summed E-state index contributed by atoms with van der Waals surface area (Å²) in [4.78, 5) is 12.2. The van der Waals surface area contributed by atoms with Gasteiger partial charge in [0.25, 0.3) is 5.91 Å². The van der Waals surface area contributed by atoms with E-state index < -0.39 is 11.7 Å². The summed E-state index contributed by atoms with van der Waals surface area (Å²) in [5.74, 6) is -1.09. The van der Waals surface area contributed by atoms with E-state index in [1.54, 1.807) is 19.1 Å². The Balaban J connectivity index is 1.72. The third kappa shape index (κ3) is 3.77. The molecule has 0 atom stereocenters. The van der Waals surface area contributed by atoms with Gasteiger partial charge in [-0.05, 0) is 36.2 Å². The number of benzene rings is 2. The van der Waals surface area contributed by atoms with Crippen molar-refractivity contribution in [3.05, 3.63) is 75.0 Å². The summed E-state index contributed by atoms with van der Waals surface area (Å²) in [7, 11) is 0. The predicted molar refractivity (Wildman–Crippen MR) is 93.3 cm³/mol. The third-order valence-electron chi connectivity index (χ3n) is 3.40. The summed E-state index contributed by atoms with van der Waals surface area (Å²) in [6.45, 7) is 1.68. The maximum Gasteiger partial charge on any atom is 0.260 e. The van der Waals surface area contributed by atoms with Crippen molar-refractivity contribution in [2.24, 2.45) is 0 Å². The first-order valence-corrected chi connectivity index (χ1v) is 8.35. The van der Waals surface area contributed by atoms with E-state index in [9.17, 15) is 9.18 Å². The normalized spacial score (nSPS) is 10.6. The van der Waals surface area contributed by atoms with E-state index >= 15 is 0 Å². The van der Waals surface area contributed by atoms with Gasteiger partial charge in [-0.15, -0.1) is 10.2 Å². The molecule has 0 saturated carbocycles. The highest BCUT2D eigenvalue weighted by Crippen LogP contribution is 2.21. The molecule has 7 heteroatoms. The first-order chi connectivity index (χ1) is 11.5. The summed E-state index contributed by atoms with van der Waals surface area (Å²) in [5.41, 5.74) is 1.63. The van der Waals surface area contributed by atoms with Crippen LogP contribution in [-0.2, 0) is 6.42 Å². The molecule has 0 radical (unpaired) electrons. The molecule has 0 spiro atoms. The molecule has 1 aromatic heterocycles. The molecule has 1 heterocycles. The fraction of sp³-hybridized carbons (Fsp3) is 0.118. The number of nitrogens with zero attached hydrogens (tertiary/aromatic N) is 2. The average Bonchev–Trinajstić information content (AvgIpc) is 2.96. The number of rotatable bonds is 4. The average molecular weight is 362 g/mol. The Bertz CT molecular complexity index is 860. The number of aryl methyl sites for hydroxylation is 1. The highest BCUT2D eigenvalue weighted by atomic mass is 35.5. The van der Waals surface area contributed by atoms with Crippen LogP contribution in [0.4, 0.5) is 9.52 Å². The van der Waals surface area contributed by atoms with Gasteiger partial charge < -0.3 is 0 Å². The van der Waals surface area contributed by atoms with Crippen molar-refractivity contribution in [3.8, 4) is 0 Å². The fourth-order valence-corrected chi connectivity index (χ4v) is 3.13. The molecule has 1 N–H and O–H groups in total. The summed E-state index contributed by atoms with van der Waals surface area (Å²) in [6.07, 6.45) is 0.587. The SMILES string of the molecule is Cc1cccc(F)c1C(=O)Nc1nnc(Cc2ccc(Cl)cc2)s1. The monoisotopic (exact) mass is 361 g/mol. The van der Waals surface area contributed by atoms with E-state index in [1.165, 1.54) is 17.4 Å². The van der Waals surface area contributed by atoms with E-state index in [4.69, 9.17) is 11.6 Å². The highest BCUT2D eigenvalue weighted by molar-refractivity contribution is 7.15. The number of halogens is 2. The van der Waals surface area contributed by atoms with E-state index in [0.29, 0.717) is 22.1 Å². The van der Waals surface area contributed by atoms with Gasteiger partial charge in [-0.3, -0.25) is 10.1 Å². The molecule has 0 aliphatic rings. The van der Waals surface area contributed by atoms with Gasteiger partial charge in [0.2, 0.25) is 5.13 Å². The van der Waals surface area contributed by atoms with Crippen molar-refractivity contribution >= 4 is 34.0 Å². The predicted octanol–water partition coefficient (Wildman–Crippen LogP) is 4.48. The second-order valence-electron chi connectivity index (χ2n) is 5.19. The molecule has 0 bridgehead atoms. The Morgan fingerprint density at radius 3 is 2.67 bits per heavy atom. The largest absolute Gasteiger partial charge is 0.296 e. The topological polar surface area (TPSA) is 54.9 Å². The second-order valence-corrected chi connectivity index (χ2v) is 6.69. The van der Waals surface area contributed by atoms with E-state index in [0.717, 1.165) is 10.6 Å². The van der Waals surface area contributed by atoms with E-state index in [2.05, 4.69) is 15.5 Å². The molecule has 24 heavy (non-hydrogen) atoms. The molecule has 0 aliphatic heterocycles. The van der Waals surface area contributed by atoms with Crippen molar-refractivity contribution in [1.29, 1.82) is 0 Å². The van der Waals surface area contributed by atoms with Gasteiger partial charge in [-0.2, -0.15) is 0 Å². The highest BCUT2D eigenvalue weighted by Gasteiger charge is 2.16. The first kappa shape index (κ1) is 16.5. The van der Waals surface area contributed by atoms with E-state index in [1.807, 2.05) is 24.3 Å². The molecule has 2 aromatic carbocycles. The molecule has 3 rings (SSSR count). The summed E-state index contributed by atoms with van der Waals surface area (Å²) >= 11 is 7.11. The maximum absolute atomic E-state index is 13.8. The third-order valence-corrected chi connectivity index (χ3v) is 4.50. The number of carbonyl (C=O) groups excluding carboxylic acids is 1. The van der Waals surface area contributed by atoms with Crippen LogP contribution < -0.4 is 5.32 Å². The van der Waals surface area contributed by atoms with Crippen molar-refractivity contribution < 1.29 is 9.18 Å². The summed E-state index contributed by atoms with van der Waals surface area (Å²) in [6, 6.07) is 11.9. The van der Waals surface area contributed by atoms with Gasteiger partial charge in [-0.1, -0.05) is 47.2 Å². The molecule has 0 saturated heterocycles. The minimum absolute atomic E-state index is 0.0203. The second kappa shape index (κ2) is 7.07. The van der Waals surface area contributed by atoms with Crippen LogP contribution in [0.15, 0.2) is 42.5 Å². The molecular formula is C17H13ClFN3OS. The van der Waals surface area contributed by atoms with Crippen LogP contribution in [-0.4, -0.2) is 16.1 Å². The molecular weight excluding hydrogens is 349 g/mol. The van der Waals surface area contributed by atoms with Crippen molar-refractivity contribution in [1.82, 2.24) is 10.2 Å². The number of hydrogen-bond acceptors (Lipinski definition) is 4. The smallest absolute Gasteiger partial charge is 0.260 e. The van der Waals surface area contributed by atoms with Crippen LogP contribution >= 0.6 is 22.9 Å². The van der Waals surface area contributed by atoms with Gasteiger partial charge in [0.05, 0.1) is 5.56 Å². The van der Waals surface area contributed by atoms with Gasteiger partial charge in [0.15, 0.2) is 0 Å². The quantitative estimate of drug-likeness (QED) is 0.745. The van der Waals surface area contributed by atoms with Gasteiger partial charge in [0.1, 0.15) is 10.8 Å². The summed E-state index contributed by atoms with van der Waals surface area (Å²) in [5, 5.41) is 12.4. The number of amides is 1. The van der Waals surface area contributed by atoms with Gasteiger partial charge >= 0.3 is 0 Å². The number of hydrogen-bond donors (Lipinski definition) is 1. The zero-order valence-electron chi connectivity index (χ0n) is 12.7. The molecule has 0 aliphatic carbocycles. The molecule has 4 nitrogen and oxygen atoms in total. The first-order valence-electron chi connectivity index (χ1n) is 7.16. The lowest BCUT2D eigenvalue weighted by Crippen LogP contribution is -2.15. The number of aromatic nitrogens is 2. The van der Waals surface area contributed by atoms with Crippen molar-refractivity contribution in [2.45, 2.75) is 13.3 Å². The molecule has 1 amide bonds. The Labute approximate surface area is 147 Å². The Kier molecular flexibility index (Phi) is 4.87. The van der Waals surface area contributed by atoms with Gasteiger partial charge in [0, 0.05) is 11.4 Å². The Morgan fingerprint density at radius 2 is 1.96 bits per heavy atom. The minimum atomic E-state index is -0.557.